The van der Waals surface area contributed by atoms with Gasteiger partial charge in [-0.25, -0.2) is 0 Å². The van der Waals surface area contributed by atoms with E-state index in [0.29, 0.717) is 5.92 Å². The fraction of sp³-hybridized carbons (Fsp3) is 0.913. The number of rotatable bonds is 21. The van der Waals surface area contributed by atoms with Gasteiger partial charge in [0, 0.05) is 13.2 Å². The van der Waals surface area contributed by atoms with Crippen molar-refractivity contribution in [2.75, 3.05) is 19.8 Å². The highest BCUT2D eigenvalue weighted by atomic mass is 16.3. The average Bonchev–Trinajstić information content (AvgIpc) is 2.64. The number of unbranched alkanes of at least 4 members (excludes halogenated alkanes) is 12. The summed E-state index contributed by atoms with van der Waals surface area (Å²) in [4.78, 5) is 0. The fourth-order valence-electron chi connectivity index (χ4n) is 3.55. The Hall–Kier alpha value is -0.380. The van der Waals surface area contributed by atoms with Gasteiger partial charge in [-0.15, -0.1) is 0 Å². The van der Waals surface area contributed by atoms with Crippen molar-refractivity contribution in [2.24, 2.45) is 11.7 Å². The molecule has 0 spiro atoms. The molecule has 0 radical (unpaired) electrons. The molecule has 0 bridgehead atoms. The molecule has 156 valence electrons. The third kappa shape index (κ3) is 19.9. The Balaban J connectivity index is 3.23. The van der Waals surface area contributed by atoms with E-state index >= 15 is 0 Å². The second-order valence-corrected chi connectivity index (χ2v) is 7.76. The van der Waals surface area contributed by atoms with Gasteiger partial charge in [0.2, 0.25) is 0 Å². The molecule has 0 aliphatic carbocycles. The lowest BCUT2D eigenvalue weighted by molar-refractivity contribution is 0.207. The SMILES string of the molecule is NCCCCCCCCC/C=C\CCCCCCCC(CCO)CCO. The Kier molecular flexibility index (Phi) is 22.3. The van der Waals surface area contributed by atoms with E-state index in [1.807, 2.05) is 0 Å². The average molecular weight is 370 g/mol. The van der Waals surface area contributed by atoms with E-state index in [1.54, 1.807) is 0 Å². The van der Waals surface area contributed by atoms with Crippen LogP contribution in [-0.4, -0.2) is 30.0 Å². The third-order valence-electron chi connectivity index (χ3n) is 5.30. The minimum atomic E-state index is 0.256. The van der Waals surface area contributed by atoms with E-state index in [9.17, 15) is 0 Å². The predicted octanol–water partition coefficient (Wildman–Crippen LogP) is 5.73. The molecule has 0 aliphatic rings. The van der Waals surface area contributed by atoms with Crippen LogP contribution >= 0.6 is 0 Å². The van der Waals surface area contributed by atoms with Crippen LogP contribution in [-0.2, 0) is 0 Å². The molecule has 0 saturated carbocycles. The summed E-state index contributed by atoms with van der Waals surface area (Å²) < 4.78 is 0. The van der Waals surface area contributed by atoms with Crippen LogP contribution < -0.4 is 5.73 Å². The zero-order valence-electron chi connectivity index (χ0n) is 17.3. The van der Waals surface area contributed by atoms with Crippen LogP contribution in [0.25, 0.3) is 0 Å². The molecule has 3 heteroatoms. The van der Waals surface area contributed by atoms with Crippen molar-refractivity contribution in [2.45, 2.75) is 109 Å². The van der Waals surface area contributed by atoms with Gasteiger partial charge in [-0.3, -0.25) is 0 Å². The Morgan fingerprint density at radius 3 is 1.42 bits per heavy atom. The number of aliphatic hydroxyl groups is 2. The summed E-state index contributed by atoms with van der Waals surface area (Å²) in [5.74, 6) is 0.513. The van der Waals surface area contributed by atoms with Crippen molar-refractivity contribution in [1.82, 2.24) is 0 Å². The van der Waals surface area contributed by atoms with Gasteiger partial charge in [0.05, 0.1) is 0 Å². The van der Waals surface area contributed by atoms with E-state index in [4.69, 9.17) is 15.9 Å². The van der Waals surface area contributed by atoms with E-state index in [2.05, 4.69) is 12.2 Å². The molecule has 26 heavy (non-hydrogen) atoms. The van der Waals surface area contributed by atoms with E-state index in [-0.39, 0.29) is 13.2 Å². The number of nitrogens with two attached hydrogens (primary N) is 1. The molecule has 0 atom stereocenters. The van der Waals surface area contributed by atoms with Crippen LogP contribution in [0.1, 0.15) is 109 Å². The van der Waals surface area contributed by atoms with Crippen molar-refractivity contribution in [3.8, 4) is 0 Å². The van der Waals surface area contributed by atoms with Gasteiger partial charge in [-0.05, 0) is 57.4 Å². The highest BCUT2D eigenvalue weighted by molar-refractivity contribution is 4.81. The largest absolute Gasteiger partial charge is 0.396 e. The van der Waals surface area contributed by atoms with Crippen LogP contribution in [0.15, 0.2) is 12.2 Å². The third-order valence-corrected chi connectivity index (χ3v) is 5.30. The van der Waals surface area contributed by atoms with Gasteiger partial charge >= 0.3 is 0 Å². The highest BCUT2D eigenvalue weighted by Gasteiger charge is 2.06. The zero-order valence-corrected chi connectivity index (χ0v) is 17.3. The lowest BCUT2D eigenvalue weighted by Crippen LogP contribution is -2.05. The van der Waals surface area contributed by atoms with Gasteiger partial charge in [0.15, 0.2) is 0 Å². The number of allylic oxidation sites excluding steroid dienone is 2. The molecule has 0 aromatic heterocycles. The van der Waals surface area contributed by atoms with Crippen molar-refractivity contribution in [3.63, 3.8) is 0 Å². The first-order valence-electron chi connectivity index (χ1n) is 11.4. The summed E-state index contributed by atoms with van der Waals surface area (Å²) in [7, 11) is 0. The first-order valence-corrected chi connectivity index (χ1v) is 11.4. The monoisotopic (exact) mass is 369 g/mol. The van der Waals surface area contributed by atoms with Crippen molar-refractivity contribution >= 4 is 0 Å². The molecule has 0 unspecified atom stereocenters. The molecule has 0 aliphatic heterocycles. The molecular formula is C23H47NO2. The number of hydrogen-bond acceptors (Lipinski definition) is 3. The molecule has 4 N–H and O–H groups in total. The molecule has 3 nitrogen and oxygen atoms in total. The molecular weight excluding hydrogens is 322 g/mol. The predicted molar refractivity (Wildman–Crippen MR) is 114 cm³/mol. The molecule has 0 fully saturated rings. The zero-order chi connectivity index (χ0) is 19.1. The molecule has 0 aromatic rings. The number of aliphatic hydroxyl groups excluding tert-OH is 2. The lowest BCUT2D eigenvalue weighted by atomic mass is 9.95. The van der Waals surface area contributed by atoms with E-state index < -0.39 is 0 Å². The molecule has 0 aromatic carbocycles. The molecule has 0 heterocycles. The van der Waals surface area contributed by atoms with Crippen molar-refractivity contribution in [1.29, 1.82) is 0 Å². The van der Waals surface area contributed by atoms with Gasteiger partial charge in [0.25, 0.3) is 0 Å². The van der Waals surface area contributed by atoms with Crippen LogP contribution in [0, 0.1) is 5.92 Å². The minimum Gasteiger partial charge on any atom is -0.396 e. The van der Waals surface area contributed by atoms with Gasteiger partial charge in [-0.2, -0.15) is 0 Å². The second-order valence-electron chi connectivity index (χ2n) is 7.76. The molecule has 0 amide bonds. The van der Waals surface area contributed by atoms with Gasteiger partial charge in [-0.1, -0.05) is 76.4 Å². The summed E-state index contributed by atoms with van der Waals surface area (Å²) in [5.41, 5.74) is 5.50. The minimum absolute atomic E-state index is 0.256. The van der Waals surface area contributed by atoms with Crippen LogP contribution in [0.2, 0.25) is 0 Å². The van der Waals surface area contributed by atoms with Gasteiger partial charge < -0.3 is 15.9 Å². The van der Waals surface area contributed by atoms with Crippen LogP contribution in [0.4, 0.5) is 0 Å². The van der Waals surface area contributed by atoms with Gasteiger partial charge in [0.1, 0.15) is 0 Å². The Bertz CT molecular complexity index is 275. The van der Waals surface area contributed by atoms with Crippen LogP contribution in [0.5, 0.6) is 0 Å². The summed E-state index contributed by atoms with van der Waals surface area (Å²) in [6.45, 7) is 1.36. The first-order chi connectivity index (χ1) is 12.8. The Morgan fingerprint density at radius 2 is 0.962 bits per heavy atom. The molecule has 0 saturated heterocycles. The summed E-state index contributed by atoms with van der Waals surface area (Å²) in [6.07, 6.45) is 25.9. The standard InChI is InChI=1S/C23H47NO2/c24-20-16-14-12-10-8-6-4-2-1-3-5-7-9-11-13-15-17-23(18-21-25)19-22-26/h1,3,23,25-26H,2,4-22,24H2/b3-1-. The first kappa shape index (κ1) is 25.6. The maximum atomic E-state index is 9.02. The lowest BCUT2D eigenvalue weighted by Gasteiger charge is -2.13. The van der Waals surface area contributed by atoms with E-state index in [1.165, 1.54) is 89.9 Å². The normalized spacial score (nSPS) is 11.8. The summed E-state index contributed by atoms with van der Waals surface area (Å²) >= 11 is 0. The smallest absolute Gasteiger partial charge is 0.0433 e. The quantitative estimate of drug-likeness (QED) is 0.179. The summed E-state index contributed by atoms with van der Waals surface area (Å²) in [5, 5.41) is 18.0. The fourth-order valence-corrected chi connectivity index (χ4v) is 3.55. The Morgan fingerprint density at radius 1 is 0.538 bits per heavy atom. The second kappa shape index (κ2) is 22.7. The van der Waals surface area contributed by atoms with Crippen LogP contribution in [0.3, 0.4) is 0 Å². The highest BCUT2D eigenvalue weighted by Crippen LogP contribution is 2.18. The van der Waals surface area contributed by atoms with Crippen molar-refractivity contribution < 1.29 is 10.2 Å². The topological polar surface area (TPSA) is 66.5 Å². The van der Waals surface area contributed by atoms with E-state index in [0.717, 1.165) is 25.8 Å². The maximum absolute atomic E-state index is 9.02. The summed E-state index contributed by atoms with van der Waals surface area (Å²) in [6, 6.07) is 0. The van der Waals surface area contributed by atoms with Crippen molar-refractivity contribution in [3.05, 3.63) is 12.2 Å². The number of hydrogen-bond donors (Lipinski definition) is 3. The Labute approximate surface area is 163 Å². The molecule has 0 rings (SSSR count). The maximum Gasteiger partial charge on any atom is 0.0433 e.